The summed E-state index contributed by atoms with van der Waals surface area (Å²) in [6.45, 7) is 9.56. The molecule has 6 rings (SSSR count). The molecule has 18 nitrogen and oxygen atoms in total. The minimum atomic E-state index is -2.61. The average Bonchev–Trinajstić information content (AvgIpc) is 3.23. The van der Waals surface area contributed by atoms with Gasteiger partial charge in [0.05, 0.1) is 29.5 Å². The van der Waals surface area contributed by atoms with Crippen molar-refractivity contribution in [3.63, 3.8) is 0 Å². The van der Waals surface area contributed by atoms with E-state index in [0.717, 1.165) is 13.3 Å². The molecule has 71 heavy (non-hydrogen) atoms. The van der Waals surface area contributed by atoms with E-state index in [1.54, 1.807) is 39.0 Å². The fourth-order valence-electron chi connectivity index (χ4n) is 10.6. The summed E-state index contributed by atoms with van der Waals surface area (Å²) < 4.78 is 42.5. The molecule has 0 aromatic heterocycles. The normalized spacial score (nSPS) is 31.2. The van der Waals surface area contributed by atoms with Gasteiger partial charge in [0.2, 0.25) is 13.5 Å². The number of aliphatic hydroxyl groups is 2. The van der Waals surface area contributed by atoms with E-state index < -0.39 is 152 Å². The largest absolute Gasteiger partial charge is 0.509 e. The molecule has 394 valence electrons. The number of carbonyl (C=O) groups is 7. The van der Waals surface area contributed by atoms with Crippen molar-refractivity contribution in [1.29, 1.82) is 0 Å². The first-order chi connectivity index (χ1) is 32.7. The number of fused-ring (bicyclic) bond motifs is 5. The van der Waals surface area contributed by atoms with Crippen molar-refractivity contribution in [3.05, 3.63) is 47.0 Å². The van der Waals surface area contributed by atoms with Gasteiger partial charge < -0.3 is 53.4 Å². The maximum atomic E-state index is 16.2. The SMILES string of the molecule is CC(=O)O[C@@]12CO[C@@H]1C[C@H](OC(=O)OCC(Cl)(Cl)Cl)[C@@]1(C)C(=O)[C@H](OC(=O)OCC(Cl)(Cl)Cl)C3=C(C)[C@@H](OC(=O)[C@H](O)[C@@H](NC(=O)C4CCC4)C(C)(C)C)C[C@@](O)([C@@H](OC(=O)c4ccccc4)[C@H]21)C3(C)C. The third kappa shape index (κ3) is 11.5. The smallest absolute Gasteiger partial charge is 0.456 e. The van der Waals surface area contributed by atoms with Gasteiger partial charge in [0.1, 0.15) is 43.2 Å². The number of esters is 3. The van der Waals surface area contributed by atoms with Gasteiger partial charge in [-0.15, -0.1) is 0 Å². The summed E-state index contributed by atoms with van der Waals surface area (Å²) in [5, 5.41) is 28.6. The van der Waals surface area contributed by atoms with Crippen LogP contribution in [0.25, 0.3) is 0 Å². The first kappa shape index (κ1) is 57.0. The Morgan fingerprint density at radius 2 is 1.45 bits per heavy atom. The van der Waals surface area contributed by atoms with Crippen molar-refractivity contribution < 1.29 is 81.7 Å². The van der Waals surface area contributed by atoms with Crippen molar-refractivity contribution in [1.82, 2.24) is 5.32 Å². The van der Waals surface area contributed by atoms with Gasteiger partial charge in [-0.3, -0.25) is 14.4 Å². The molecule has 1 saturated heterocycles. The van der Waals surface area contributed by atoms with Gasteiger partial charge in [-0.1, -0.05) is 129 Å². The van der Waals surface area contributed by atoms with E-state index in [-0.39, 0.29) is 28.5 Å². The lowest BCUT2D eigenvalue weighted by atomic mass is 9.44. The van der Waals surface area contributed by atoms with E-state index in [4.69, 9.17) is 108 Å². The monoisotopic (exact) mass is 1120 g/mol. The summed E-state index contributed by atoms with van der Waals surface area (Å²) >= 11 is 35.3. The number of halogens is 6. The minimum Gasteiger partial charge on any atom is -0.456 e. The fourth-order valence-corrected chi connectivity index (χ4v) is 10.9. The molecule has 1 aromatic rings. The van der Waals surface area contributed by atoms with Crippen LogP contribution < -0.4 is 5.32 Å². The molecule has 1 aliphatic heterocycles. The number of benzene rings is 1. The Labute approximate surface area is 440 Å². The lowest BCUT2D eigenvalue weighted by molar-refractivity contribution is -0.346. The zero-order chi connectivity index (χ0) is 53.0. The Kier molecular flexibility index (Phi) is 16.7. The number of aliphatic hydroxyl groups excluding tert-OH is 1. The highest BCUT2D eigenvalue weighted by atomic mass is 35.6. The third-order valence-electron chi connectivity index (χ3n) is 14.5. The first-order valence-corrected chi connectivity index (χ1v) is 25.0. The number of hydrogen-bond donors (Lipinski definition) is 3. The van der Waals surface area contributed by atoms with Gasteiger partial charge in [0, 0.05) is 31.1 Å². The highest BCUT2D eigenvalue weighted by molar-refractivity contribution is 6.68. The number of Topliss-reactive ketones (excluding diaryl/α,β-unsaturated/α-hetero) is 1. The maximum Gasteiger partial charge on any atom is 0.509 e. The number of hydrogen-bond acceptors (Lipinski definition) is 17. The molecule has 5 aliphatic rings. The molecule has 1 amide bonds. The molecular weight excluding hydrogens is 1060 g/mol. The lowest BCUT2D eigenvalue weighted by Gasteiger charge is -2.67. The Hall–Kier alpha value is -3.33. The van der Waals surface area contributed by atoms with Crippen LogP contribution in [0.2, 0.25) is 0 Å². The van der Waals surface area contributed by atoms with Crippen LogP contribution in [0.5, 0.6) is 0 Å². The summed E-state index contributed by atoms with van der Waals surface area (Å²) in [7, 11) is 0. The molecule has 11 atom stereocenters. The Morgan fingerprint density at radius 3 is 1.94 bits per heavy atom. The summed E-state index contributed by atoms with van der Waals surface area (Å²) in [5.74, 6) is -6.84. The van der Waals surface area contributed by atoms with E-state index in [9.17, 15) is 39.0 Å². The summed E-state index contributed by atoms with van der Waals surface area (Å²) in [6, 6.07) is 6.35. The zero-order valence-electron chi connectivity index (χ0n) is 40.0. The van der Waals surface area contributed by atoms with Crippen LogP contribution in [0.15, 0.2) is 41.5 Å². The number of carbonyl (C=O) groups excluding carboxylic acids is 7. The van der Waals surface area contributed by atoms with Crippen LogP contribution in [0, 0.1) is 28.1 Å². The number of amides is 1. The van der Waals surface area contributed by atoms with Crippen LogP contribution in [-0.2, 0) is 57.1 Å². The van der Waals surface area contributed by atoms with E-state index in [1.165, 1.54) is 39.8 Å². The molecule has 4 aliphatic carbocycles. The second-order valence-electron chi connectivity index (χ2n) is 20.5. The van der Waals surface area contributed by atoms with Crippen molar-refractivity contribution in [2.45, 2.75) is 149 Å². The van der Waals surface area contributed by atoms with Crippen molar-refractivity contribution in [2.24, 2.45) is 28.1 Å². The Morgan fingerprint density at radius 1 is 0.873 bits per heavy atom. The lowest BCUT2D eigenvalue weighted by Crippen LogP contribution is -2.82. The fraction of sp³-hybridized carbons (Fsp3) is 0.681. The molecule has 1 aromatic carbocycles. The summed E-state index contributed by atoms with van der Waals surface area (Å²) in [5.41, 5.74) is -10.1. The number of ketones is 1. The molecule has 0 unspecified atom stereocenters. The topological polar surface area (TPSA) is 246 Å². The van der Waals surface area contributed by atoms with Crippen molar-refractivity contribution in [3.8, 4) is 0 Å². The van der Waals surface area contributed by atoms with Gasteiger partial charge in [-0.25, -0.2) is 19.2 Å². The van der Waals surface area contributed by atoms with Crippen LogP contribution in [0.3, 0.4) is 0 Å². The Balaban J connectivity index is 1.60. The highest BCUT2D eigenvalue weighted by Crippen LogP contribution is 2.65. The molecule has 2 bridgehead atoms. The van der Waals surface area contributed by atoms with Crippen molar-refractivity contribution >= 4 is 112 Å². The van der Waals surface area contributed by atoms with E-state index >= 15 is 4.79 Å². The molecule has 1 heterocycles. The second kappa shape index (κ2) is 20.8. The predicted molar refractivity (Wildman–Crippen MR) is 255 cm³/mol. The first-order valence-electron chi connectivity index (χ1n) is 22.7. The van der Waals surface area contributed by atoms with Crippen molar-refractivity contribution in [2.75, 3.05) is 19.8 Å². The highest BCUT2D eigenvalue weighted by Gasteiger charge is 2.79. The number of rotatable bonds is 12. The van der Waals surface area contributed by atoms with Crippen LogP contribution in [-0.4, -0.2) is 133 Å². The molecule has 24 heteroatoms. The Bertz CT molecular complexity index is 2290. The van der Waals surface area contributed by atoms with Crippen LogP contribution in [0.4, 0.5) is 9.59 Å². The number of nitrogens with one attached hydrogen (secondary N) is 1. The standard InChI is InChI=1S/C47H57Cl6NO17/c1-22-26(67-38(60)30(56)33(41(3,4)5)54-36(58)24-15-12-16-24)18-45(63)35(70-37(59)25-13-10-9-11-14-25)32-43(8,34(57)31(29(22)42(45,6)7)69-40(62)66-21-47(51,52)53)27(68-39(61)65-20-46(48,49)50)17-28-44(32,19-64-28)71-23(2)55/h9-11,13-14,24,26-28,30-33,35,56,63H,12,15-21H2,1-8H3,(H,54,58)/t26-,27-,28+,30+,31+,32-,33+,35-,43+,44-,45+/m0/s1. The maximum absolute atomic E-state index is 16.2. The van der Waals surface area contributed by atoms with Gasteiger partial charge in [0.25, 0.3) is 0 Å². The summed E-state index contributed by atoms with van der Waals surface area (Å²) in [4.78, 5) is 99.2. The van der Waals surface area contributed by atoms with E-state index in [0.29, 0.717) is 12.8 Å². The molecule has 3 N–H and O–H groups in total. The third-order valence-corrected chi connectivity index (χ3v) is 15.2. The van der Waals surface area contributed by atoms with Gasteiger partial charge >= 0.3 is 30.2 Å². The van der Waals surface area contributed by atoms with Crippen LogP contribution in [0.1, 0.15) is 97.9 Å². The van der Waals surface area contributed by atoms with Gasteiger partial charge in [-0.05, 0) is 55.4 Å². The molecule has 0 spiro atoms. The second-order valence-corrected chi connectivity index (χ2v) is 25.5. The average molecular weight is 1120 g/mol. The summed E-state index contributed by atoms with van der Waals surface area (Å²) in [6.07, 6.45) is -13.0. The zero-order valence-corrected chi connectivity index (χ0v) is 44.6. The quantitative estimate of drug-likeness (QED) is 0.0799. The van der Waals surface area contributed by atoms with Gasteiger partial charge in [0.15, 0.2) is 23.6 Å². The van der Waals surface area contributed by atoms with Crippen LogP contribution >= 0.6 is 69.6 Å². The number of alkyl halides is 6. The van der Waals surface area contributed by atoms with E-state index in [1.807, 2.05) is 0 Å². The van der Waals surface area contributed by atoms with E-state index in [2.05, 4.69) is 5.32 Å². The predicted octanol–water partition coefficient (Wildman–Crippen LogP) is 7.39. The number of ether oxygens (including phenoxy) is 8. The molecule has 0 radical (unpaired) electrons. The molecule has 3 saturated carbocycles. The molecular formula is C47H57Cl6NO17. The molecule has 4 fully saturated rings. The minimum absolute atomic E-state index is 0.00340. The van der Waals surface area contributed by atoms with Gasteiger partial charge in [-0.2, -0.15) is 0 Å².